The van der Waals surface area contributed by atoms with Gasteiger partial charge in [0.2, 0.25) is 9.84 Å². The van der Waals surface area contributed by atoms with Gasteiger partial charge < -0.3 is 4.74 Å². The molecule has 0 spiro atoms. The highest BCUT2D eigenvalue weighted by molar-refractivity contribution is 7.95. The normalized spacial score (nSPS) is 11.7. The molecule has 4 aromatic rings. The van der Waals surface area contributed by atoms with Crippen LogP contribution < -0.4 is 4.74 Å². The van der Waals surface area contributed by atoms with Gasteiger partial charge in [0.05, 0.1) is 24.2 Å². The Morgan fingerprint density at radius 2 is 1.64 bits per heavy atom. The van der Waals surface area contributed by atoms with Gasteiger partial charge >= 0.3 is 0 Å². The molecule has 1 aromatic heterocycles. The lowest BCUT2D eigenvalue weighted by Gasteiger charge is -2.04. The number of sulfone groups is 1. The van der Waals surface area contributed by atoms with Crippen molar-refractivity contribution in [3.8, 4) is 23.1 Å². The molecule has 0 saturated heterocycles. The molecule has 0 aliphatic heterocycles. The maximum atomic E-state index is 13.1. The molecule has 0 amide bonds. The van der Waals surface area contributed by atoms with E-state index in [1.165, 1.54) is 18.2 Å². The molecule has 33 heavy (non-hydrogen) atoms. The Hall–Kier alpha value is -4.15. The fraction of sp³-hybridized carbons (Fsp3) is 0.0769. The second-order valence-electron chi connectivity index (χ2n) is 7.28. The quantitative estimate of drug-likeness (QED) is 0.368. The lowest BCUT2D eigenvalue weighted by Crippen LogP contribution is -2.03. The molecule has 0 aliphatic carbocycles. The van der Waals surface area contributed by atoms with Crippen molar-refractivity contribution in [1.82, 2.24) is 9.78 Å². The molecule has 0 saturated carbocycles. The Labute approximate surface area is 192 Å². The Morgan fingerprint density at radius 3 is 2.24 bits per heavy atom. The lowest BCUT2D eigenvalue weighted by atomic mass is 10.1. The third kappa shape index (κ3) is 4.86. The van der Waals surface area contributed by atoms with Crippen molar-refractivity contribution in [2.24, 2.45) is 0 Å². The van der Waals surface area contributed by atoms with Crippen LogP contribution in [-0.2, 0) is 16.4 Å². The second-order valence-corrected chi connectivity index (χ2v) is 9.20. The topological polar surface area (TPSA) is 85.0 Å². The van der Waals surface area contributed by atoms with Crippen LogP contribution in [0.25, 0.3) is 17.3 Å². The van der Waals surface area contributed by atoms with E-state index in [1.807, 2.05) is 60.7 Å². The van der Waals surface area contributed by atoms with E-state index in [1.54, 1.807) is 36.2 Å². The zero-order valence-corrected chi connectivity index (χ0v) is 18.7. The van der Waals surface area contributed by atoms with Crippen molar-refractivity contribution >= 4 is 15.9 Å². The summed E-state index contributed by atoms with van der Waals surface area (Å²) in [5.74, 6) is 0.698. The summed E-state index contributed by atoms with van der Waals surface area (Å²) in [7, 11) is -2.38. The van der Waals surface area contributed by atoms with E-state index in [-0.39, 0.29) is 9.80 Å². The molecule has 4 rings (SSSR count). The standard InChI is InChI=1S/C26H21N3O3S/c1-32-23-14-12-21(13-15-23)26-22(19-29(28-26)18-20-8-4-2-5-9-20)16-25(17-27)33(30,31)24-10-6-3-7-11-24/h2-16,19H,18H2,1H3/b25-16+. The fourth-order valence-electron chi connectivity index (χ4n) is 3.40. The van der Waals surface area contributed by atoms with Crippen LogP contribution in [0, 0.1) is 11.3 Å². The van der Waals surface area contributed by atoms with E-state index >= 15 is 0 Å². The number of aromatic nitrogens is 2. The van der Waals surface area contributed by atoms with Crippen LogP contribution in [0.15, 0.2) is 101 Å². The predicted molar refractivity (Wildman–Crippen MR) is 127 cm³/mol. The molecule has 0 radical (unpaired) electrons. The fourth-order valence-corrected chi connectivity index (χ4v) is 4.58. The van der Waals surface area contributed by atoms with Gasteiger partial charge in [-0.15, -0.1) is 0 Å². The number of nitriles is 1. The van der Waals surface area contributed by atoms with Crippen molar-refractivity contribution in [1.29, 1.82) is 5.26 Å². The van der Waals surface area contributed by atoms with Crippen molar-refractivity contribution < 1.29 is 13.2 Å². The van der Waals surface area contributed by atoms with Crippen LogP contribution in [0.4, 0.5) is 0 Å². The summed E-state index contributed by atoms with van der Waals surface area (Å²) in [5.41, 5.74) is 2.94. The molecule has 0 fully saturated rings. The summed E-state index contributed by atoms with van der Waals surface area (Å²) < 4.78 is 33.1. The molecule has 0 bridgehead atoms. The zero-order chi connectivity index (χ0) is 23.3. The minimum atomic E-state index is -3.97. The van der Waals surface area contributed by atoms with Crippen LogP contribution in [0.3, 0.4) is 0 Å². The molecule has 0 unspecified atom stereocenters. The Balaban J connectivity index is 1.81. The van der Waals surface area contributed by atoms with Crippen molar-refractivity contribution in [3.63, 3.8) is 0 Å². The van der Waals surface area contributed by atoms with Gasteiger partial charge in [-0.2, -0.15) is 10.4 Å². The van der Waals surface area contributed by atoms with Gasteiger partial charge in [-0.3, -0.25) is 4.68 Å². The first kappa shape index (κ1) is 22.1. The molecule has 0 atom stereocenters. The molecule has 3 aromatic carbocycles. The number of allylic oxidation sites excluding steroid dienone is 1. The van der Waals surface area contributed by atoms with Gasteiger partial charge in [0, 0.05) is 17.3 Å². The van der Waals surface area contributed by atoms with Gasteiger partial charge in [-0.1, -0.05) is 48.5 Å². The smallest absolute Gasteiger partial charge is 0.216 e. The van der Waals surface area contributed by atoms with E-state index in [4.69, 9.17) is 9.84 Å². The third-order valence-corrected chi connectivity index (χ3v) is 6.76. The second kappa shape index (κ2) is 9.55. The Morgan fingerprint density at radius 1 is 1.00 bits per heavy atom. The molecule has 7 heteroatoms. The molecule has 1 heterocycles. The predicted octanol–water partition coefficient (Wildman–Crippen LogP) is 4.95. The minimum absolute atomic E-state index is 0.0699. The molecule has 0 aliphatic rings. The van der Waals surface area contributed by atoms with Gasteiger partial charge in [-0.25, -0.2) is 8.42 Å². The van der Waals surface area contributed by atoms with E-state index in [2.05, 4.69) is 0 Å². The number of methoxy groups -OCH3 is 1. The van der Waals surface area contributed by atoms with E-state index in [0.29, 0.717) is 23.6 Å². The molecular weight excluding hydrogens is 434 g/mol. The van der Waals surface area contributed by atoms with Crippen molar-refractivity contribution in [3.05, 3.63) is 107 Å². The van der Waals surface area contributed by atoms with Gasteiger partial charge in [-0.05, 0) is 48.0 Å². The van der Waals surface area contributed by atoms with Crippen LogP contribution in [0.1, 0.15) is 11.1 Å². The van der Waals surface area contributed by atoms with Crippen LogP contribution in [-0.4, -0.2) is 25.3 Å². The SMILES string of the molecule is COc1ccc(-c2nn(Cc3ccccc3)cc2/C=C(\C#N)S(=O)(=O)c2ccccc2)cc1. The highest BCUT2D eigenvalue weighted by atomic mass is 32.2. The number of rotatable bonds is 7. The molecule has 164 valence electrons. The average molecular weight is 456 g/mol. The van der Waals surface area contributed by atoms with Gasteiger partial charge in [0.25, 0.3) is 0 Å². The largest absolute Gasteiger partial charge is 0.497 e. The summed E-state index contributed by atoms with van der Waals surface area (Å²) in [6, 6.07) is 26.9. The Bertz CT molecular complexity index is 1420. The summed E-state index contributed by atoms with van der Waals surface area (Å²) >= 11 is 0. The highest BCUT2D eigenvalue weighted by Crippen LogP contribution is 2.28. The highest BCUT2D eigenvalue weighted by Gasteiger charge is 2.22. The zero-order valence-electron chi connectivity index (χ0n) is 17.9. The van der Waals surface area contributed by atoms with E-state index in [0.717, 1.165) is 11.1 Å². The number of hydrogen-bond donors (Lipinski definition) is 0. The summed E-state index contributed by atoms with van der Waals surface area (Å²) in [5, 5.41) is 14.4. The van der Waals surface area contributed by atoms with E-state index in [9.17, 15) is 13.7 Å². The first-order chi connectivity index (χ1) is 16.0. The van der Waals surface area contributed by atoms with Crippen LogP contribution in [0.2, 0.25) is 0 Å². The first-order valence-corrected chi connectivity index (χ1v) is 11.7. The van der Waals surface area contributed by atoms with Crippen LogP contribution in [0.5, 0.6) is 5.75 Å². The molecule has 6 nitrogen and oxygen atoms in total. The maximum Gasteiger partial charge on any atom is 0.216 e. The first-order valence-electron chi connectivity index (χ1n) is 10.2. The van der Waals surface area contributed by atoms with Crippen LogP contribution >= 0.6 is 0 Å². The van der Waals surface area contributed by atoms with E-state index < -0.39 is 9.84 Å². The number of ether oxygens (including phenoxy) is 1. The molecule has 0 N–H and O–H groups in total. The third-order valence-electron chi connectivity index (χ3n) is 5.08. The number of benzene rings is 3. The van der Waals surface area contributed by atoms with Gasteiger partial charge in [0.1, 0.15) is 16.7 Å². The summed E-state index contributed by atoms with van der Waals surface area (Å²) in [6.07, 6.45) is 3.14. The number of nitrogens with zero attached hydrogens (tertiary/aromatic N) is 3. The van der Waals surface area contributed by atoms with Crippen molar-refractivity contribution in [2.75, 3.05) is 7.11 Å². The summed E-state index contributed by atoms with van der Waals surface area (Å²) in [4.78, 5) is -0.275. The Kier molecular flexibility index (Phi) is 6.38. The number of hydrogen-bond acceptors (Lipinski definition) is 5. The average Bonchev–Trinajstić information content (AvgIpc) is 3.25. The minimum Gasteiger partial charge on any atom is -0.497 e. The maximum absolute atomic E-state index is 13.1. The summed E-state index contributed by atoms with van der Waals surface area (Å²) in [6.45, 7) is 0.505. The molecular formula is C26H21N3O3S. The monoisotopic (exact) mass is 455 g/mol. The van der Waals surface area contributed by atoms with Gasteiger partial charge in [0.15, 0.2) is 0 Å². The lowest BCUT2D eigenvalue weighted by molar-refractivity contribution is 0.415. The van der Waals surface area contributed by atoms with Crippen molar-refractivity contribution in [2.45, 2.75) is 11.4 Å².